The van der Waals surface area contributed by atoms with Crippen molar-refractivity contribution in [1.29, 1.82) is 0 Å². The molecule has 0 bridgehead atoms. The number of halogens is 2. The van der Waals surface area contributed by atoms with Gasteiger partial charge in [-0.05, 0) is 78.9 Å². The molecule has 0 atom stereocenters. The lowest BCUT2D eigenvalue weighted by atomic mass is 10.1. The van der Waals surface area contributed by atoms with Crippen LogP contribution in [-0.2, 0) is 26.1 Å². The predicted octanol–water partition coefficient (Wildman–Crippen LogP) is 6.93. The Balaban J connectivity index is 1.44. The number of benzene rings is 3. The van der Waals surface area contributed by atoms with Crippen molar-refractivity contribution in [3.05, 3.63) is 110 Å². The Morgan fingerprint density at radius 1 is 1.03 bits per heavy atom. The lowest BCUT2D eigenvalue weighted by molar-refractivity contribution is 0.0697. The fourth-order valence-corrected chi connectivity index (χ4v) is 4.86. The molecule has 0 aliphatic heterocycles. The molecule has 0 radical (unpaired) electrons. The minimum Gasteiger partial charge on any atom is -0.487 e. The molecule has 0 saturated heterocycles. The van der Waals surface area contributed by atoms with Crippen molar-refractivity contribution < 1.29 is 14.6 Å². The van der Waals surface area contributed by atoms with Gasteiger partial charge in [0.15, 0.2) is 0 Å². The fraction of sp³-hybridized carbons (Fsp3) is 0.241. The first-order valence-corrected chi connectivity index (χ1v) is 12.8. The maximum absolute atomic E-state index is 11.0. The molecule has 1 aromatic heterocycles. The Kier molecular flexibility index (Phi) is 8.54. The number of rotatable bonds is 10. The number of carboxylic acid groups (broad SMARTS) is 1. The summed E-state index contributed by atoms with van der Waals surface area (Å²) in [6, 6.07) is 18.4. The number of para-hydroxylation sites is 1. The Bertz CT molecular complexity index is 1390. The summed E-state index contributed by atoms with van der Waals surface area (Å²) < 4.78 is 8.01. The minimum absolute atomic E-state index is 0.286. The SMILES string of the molecule is CCc1c(C)nn(-c2c(Cl)cccc2Cl)c1COc1ccc(CNCc2ccc(C(=O)O)cc2)c(C)c1. The summed E-state index contributed by atoms with van der Waals surface area (Å²) in [6.45, 7) is 7.79. The van der Waals surface area contributed by atoms with Gasteiger partial charge in [-0.15, -0.1) is 0 Å². The molecular formula is C29H29Cl2N3O3. The molecule has 3 aromatic carbocycles. The van der Waals surface area contributed by atoms with Gasteiger partial charge < -0.3 is 15.2 Å². The fourth-order valence-electron chi connectivity index (χ4n) is 4.31. The second-order valence-corrected chi connectivity index (χ2v) is 9.64. The van der Waals surface area contributed by atoms with Gasteiger partial charge in [0, 0.05) is 13.1 Å². The second kappa shape index (κ2) is 11.8. The zero-order valence-electron chi connectivity index (χ0n) is 21.0. The summed E-state index contributed by atoms with van der Waals surface area (Å²) in [4.78, 5) is 11.0. The topological polar surface area (TPSA) is 76.4 Å². The lowest BCUT2D eigenvalue weighted by Gasteiger charge is -2.14. The molecule has 6 nitrogen and oxygen atoms in total. The van der Waals surface area contributed by atoms with Gasteiger partial charge in [-0.1, -0.05) is 54.4 Å². The number of aromatic nitrogens is 2. The molecular weight excluding hydrogens is 509 g/mol. The van der Waals surface area contributed by atoms with Crippen molar-refractivity contribution in [2.24, 2.45) is 0 Å². The van der Waals surface area contributed by atoms with Crippen LogP contribution in [0.1, 0.15) is 50.9 Å². The first kappa shape index (κ1) is 26.7. The highest BCUT2D eigenvalue weighted by atomic mass is 35.5. The number of carboxylic acids is 1. The first-order valence-electron chi connectivity index (χ1n) is 12.1. The number of aromatic carboxylic acids is 1. The number of carbonyl (C=O) groups is 1. The Morgan fingerprint density at radius 3 is 2.35 bits per heavy atom. The Hall–Kier alpha value is -3.32. The van der Waals surface area contributed by atoms with E-state index < -0.39 is 5.97 Å². The van der Waals surface area contributed by atoms with Crippen molar-refractivity contribution in [3.63, 3.8) is 0 Å². The Labute approximate surface area is 226 Å². The van der Waals surface area contributed by atoms with E-state index in [2.05, 4.69) is 25.2 Å². The number of hydrogen-bond donors (Lipinski definition) is 2. The van der Waals surface area contributed by atoms with E-state index in [0.717, 1.165) is 45.8 Å². The highest BCUT2D eigenvalue weighted by Gasteiger charge is 2.19. The highest BCUT2D eigenvalue weighted by Crippen LogP contribution is 2.31. The predicted molar refractivity (Wildman–Crippen MR) is 147 cm³/mol. The monoisotopic (exact) mass is 537 g/mol. The number of ether oxygens (including phenoxy) is 1. The van der Waals surface area contributed by atoms with E-state index in [0.29, 0.717) is 35.4 Å². The van der Waals surface area contributed by atoms with E-state index in [9.17, 15) is 4.79 Å². The summed E-state index contributed by atoms with van der Waals surface area (Å²) in [7, 11) is 0. The average Bonchev–Trinajstić information content (AvgIpc) is 3.18. The molecule has 0 fully saturated rings. The summed E-state index contributed by atoms with van der Waals surface area (Å²) >= 11 is 13.0. The molecule has 192 valence electrons. The molecule has 2 N–H and O–H groups in total. The van der Waals surface area contributed by atoms with Crippen LogP contribution in [0.2, 0.25) is 10.0 Å². The standard InChI is InChI=1S/C29H29Cl2N3O3/c1-4-24-19(3)33-34(28-25(30)6-5-7-26(28)31)27(24)17-37-23-13-12-22(18(2)14-23)16-32-15-20-8-10-21(11-9-20)29(35)36/h5-14,32H,4,15-17H2,1-3H3,(H,35,36). The van der Waals surface area contributed by atoms with Crippen molar-refractivity contribution in [1.82, 2.24) is 15.1 Å². The van der Waals surface area contributed by atoms with E-state index >= 15 is 0 Å². The van der Waals surface area contributed by atoms with E-state index in [1.807, 2.05) is 37.3 Å². The third-order valence-electron chi connectivity index (χ3n) is 6.33. The average molecular weight is 538 g/mol. The van der Waals surface area contributed by atoms with Crippen LogP contribution >= 0.6 is 23.2 Å². The zero-order chi connectivity index (χ0) is 26.5. The van der Waals surface area contributed by atoms with Crippen LogP contribution in [0.25, 0.3) is 5.69 Å². The second-order valence-electron chi connectivity index (χ2n) is 8.83. The van der Waals surface area contributed by atoms with Gasteiger partial charge in [0.25, 0.3) is 0 Å². The zero-order valence-corrected chi connectivity index (χ0v) is 22.5. The molecule has 4 aromatic rings. The number of hydrogen-bond acceptors (Lipinski definition) is 4. The maximum Gasteiger partial charge on any atom is 0.335 e. The third kappa shape index (κ3) is 6.16. The highest BCUT2D eigenvalue weighted by molar-refractivity contribution is 6.37. The molecule has 0 saturated carbocycles. The summed E-state index contributed by atoms with van der Waals surface area (Å²) in [6.07, 6.45) is 0.815. The van der Waals surface area contributed by atoms with Gasteiger partial charge >= 0.3 is 5.97 Å². The minimum atomic E-state index is -0.921. The van der Waals surface area contributed by atoms with Crippen molar-refractivity contribution in [3.8, 4) is 11.4 Å². The molecule has 0 aliphatic carbocycles. The van der Waals surface area contributed by atoms with Crippen LogP contribution in [0, 0.1) is 13.8 Å². The van der Waals surface area contributed by atoms with Crippen LogP contribution in [0.15, 0.2) is 60.7 Å². The molecule has 0 aliphatic rings. The van der Waals surface area contributed by atoms with Crippen LogP contribution in [-0.4, -0.2) is 20.9 Å². The normalized spacial score (nSPS) is 11.1. The smallest absolute Gasteiger partial charge is 0.335 e. The van der Waals surface area contributed by atoms with Crippen molar-refractivity contribution in [2.75, 3.05) is 0 Å². The quantitative estimate of drug-likeness (QED) is 0.229. The molecule has 0 spiro atoms. The number of aryl methyl sites for hydroxylation is 2. The molecule has 1 heterocycles. The van der Waals surface area contributed by atoms with Crippen molar-refractivity contribution in [2.45, 2.75) is 46.9 Å². The molecule has 8 heteroatoms. The van der Waals surface area contributed by atoms with Crippen LogP contribution in [0.3, 0.4) is 0 Å². The first-order chi connectivity index (χ1) is 17.8. The van der Waals surface area contributed by atoms with Gasteiger partial charge in [0.1, 0.15) is 18.0 Å². The molecule has 4 rings (SSSR count). The van der Waals surface area contributed by atoms with Gasteiger partial charge in [-0.2, -0.15) is 5.10 Å². The van der Waals surface area contributed by atoms with Crippen LogP contribution < -0.4 is 10.1 Å². The lowest BCUT2D eigenvalue weighted by Crippen LogP contribution is -2.14. The van der Waals surface area contributed by atoms with Gasteiger partial charge in [0.05, 0.1) is 27.0 Å². The van der Waals surface area contributed by atoms with E-state index in [1.54, 1.807) is 28.9 Å². The third-order valence-corrected chi connectivity index (χ3v) is 6.94. The summed E-state index contributed by atoms with van der Waals surface area (Å²) in [5.41, 5.74) is 7.20. The van der Waals surface area contributed by atoms with E-state index in [4.69, 9.17) is 38.1 Å². The van der Waals surface area contributed by atoms with Gasteiger partial charge in [-0.3, -0.25) is 0 Å². The Morgan fingerprint density at radius 2 is 1.73 bits per heavy atom. The number of nitrogens with zero attached hydrogens (tertiary/aromatic N) is 2. The largest absolute Gasteiger partial charge is 0.487 e. The van der Waals surface area contributed by atoms with Gasteiger partial charge in [0.2, 0.25) is 0 Å². The van der Waals surface area contributed by atoms with Crippen molar-refractivity contribution >= 4 is 29.2 Å². The van der Waals surface area contributed by atoms with E-state index in [1.165, 1.54) is 0 Å². The number of nitrogens with one attached hydrogen (secondary N) is 1. The molecule has 0 amide bonds. The van der Waals surface area contributed by atoms with Crippen LogP contribution in [0.4, 0.5) is 0 Å². The maximum atomic E-state index is 11.0. The van der Waals surface area contributed by atoms with Gasteiger partial charge in [-0.25, -0.2) is 9.48 Å². The molecule has 0 unspecified atom stereocenters. The van der Waals surface area contributed by atoms with E-state index in [-0.39, 0.29) is 5.56 Å². The summed E-state index contributed by atoms with van der Waals surface area (Å²) in [5, 5.41) is 18.2. The molecule has 37 heavy (non-hydrogen) atoms. The summed E-state index contributed by atoms with van der Waals surface area (Å²) in [5.74, 6) is -0.154. The van der Waals surface area contributed by atoms with Crippen LogP contribution in [0.5, 0.6) is 5.75 Å².